The van der Waals surface area contributed by atoms with Crippen LogP contribution in [0.25, 0.3) is 0 Å². The number of rotatable bonds is 1. The van der Waals surface area contributed by atoms with Crippen LogP contribution >= 0.6 is 8.03 Å². The van der Waals surface area contributed by atoms with Crippen LogP contribution in [0, 0.1) is 0 Å². The van der Waals surface area contributed by atoms with Gasteiger partial charge in [-0.25, -0.2) is 0 Å². The van der Waals surface area contributed by atoms with Crippen molar-refractivity contribution in [3.05, 3.63) is 0 Å². The van der Waals surface area contributed by atoms with Gasteiger partial charge in [-0.1, -0.05) is 4.57 Å². The lowest BCUT2D eigenvalue weighted by Crippen LogP contribution is -2.25. The van der Waals surface area contributed by atoms with Gasteiger partial charge in [-0.2, -0.15) is 0 Å². The highest BCUT2D eigenvalue weighted by molar-refractivity contribution is 7.37. The average Bonchev–Trinajstić information content (AvgIpc) is 2.13. The van der Waals surface area contributed by atoms with Crippen molar-refractivity contribution in [3.8, 4) is 0 Å². The molecule has 1 rings (SSSR count). The molecule has 0 N–H and O–H groups in total. The molecular formula is C5H9O4P. The van der Waals surface area contributed by atoms with Gasteiger partial charge in [-0.15, -0.1) is 0 Å². The fourth-order valence-electron chi connectivity index (χ4n) is 0.809. The molecule has 58 valence electrons. The van der Waals surface area contributed by atoms with Crippen LogP contribution in [0.5, 0.6) is 0 Å². The third kappa shape index (κ3) is 1.35. The number of hydrogen-bond donors (Lipinski definition) is 0. The van der Waals surface area contributed by atoms with Crippen molar-refractivity contribution in [1.82, 2.24) is 0 Å². The second-order valence-electron chi connectivity index (χ2n) is 2.39. The molecule has 10 heavy (non-hydrogen) atoms. The van der Waals surface area contributed by atoms with E-state index >= 15 is 0 Å². The van der Waals surface area contributed by atoms with E-state index in [1.807, 2.05) is 0 Å². The molecule has 0 aromatic heterocycles. The van der Waals surface area contributed by atoms with Gasteiger partial charge in [0.15, 0.2) is 0 Å². The van der Waals surface area contributed by atoms with Crippen LogP contribution in [0.2, 0.25) is 0 Å². The van der Waals surface area contributed by atoms with Gasteiger partial charge in [0.2, 0.25) is 0 Å². The molecule has 0 bridgehead atoms. The summed E-state index contributed by atoms with van der Waals surface area (Å²) >= 11 is 0. The predicted octanol–water partition coefficient (Wildman–Crippen LogP) is 0.198. The van der Waals surface area contributed by atoms with Gasteiger partial charge in [0.25, 0.3) is 0 Å². The SMILES string of the molecule is CC1COC(C)([P+](=O)[O-])O1. The molecule has 4 nitrogen and oxygen atoms in total. The van der Waals surface area contributed by atoms with E-state index in [-0.39, 0.29) is 6.10 Å². The molecule has 3 unspecified atom stereocenters. The Hall–Kier alpha value is -0.0200. The van der Waals surface area contributed by atoms with Crippen LogP contribution in [-0.2, 0) is 14.0 Å². The second kappa shape index (κ2) is 2.55. The summed E-state index contributed by atoms with van der Waals surface area (Å²) in [4.78, 5) is 10.5. The van der Waals surface area contributed by atoms with Gasteiger partial charge in [0, 0.05) is 6.92 Å². The first-order valence-corrected chi connectivity index (χ1v) is 4.18. The lowest BCUT2D eigenvalue weighted by atomic mass is 10.5. The summed E-state index contributed by atoms with van der Waals surface area (Å²) in [5.41, 5.74) is -1.38. The van der Waals surface area contributed by atoms with Crippen molar-refractivity contribution >= 4 is 8.03 Å². The highest BCUT2D eigenvalue weighted by Gasteiger charge is 2.47. The Morgan fingerprint density at radius 2 is 2.40 bits per heavy atom. The number of ether oxygens (including phenoxy) is 2. The first-order chi connectivity index (χ1) is 4.54. The highest BCUT2D eigenvalue weighted by atomic mass is 31.1. The fraction of sp³-hybridized carbons (Fsp3) is 1.00. The van der Waals surface area contributed by atoms with Gasteiger partial charge in [0.05, 0.1) is 12.7 Å². The minimum Gasteiger partial charge on any atom is -0.591 e. The second-order valence-corrected chi connectivity index (χ2v) is 3.72. The normalized spacial score (nSPS) is 41.9. The Kier molecular flexibility index (Phi) is 2.06. The van der Waals surface area contributed by atoms with Crippen LogP contribution < -0.4 is 4.89 Å². The maximum Gasteiger partial charge on any atom is 0.376 e. The smallest absolute Gasteiger partial charge is 0.376 e. The van der Waals surface area contributed by atoms with Gasteiger partial charge in [-0.05, 0) is 6.92 Å². The highest BCUT2D eigenvalue weighted by Crippen LogP contribution is 2.38. The lowest BCUT2D eigenvalue weighted by molar-refractivity contribution is -0.204. The van der Waals surface area contributed by atoms with E-state index in [1.54, 1.807) is 6.92 Å². The summed E-state index contributed by atoms with van der Waals surface area (Å²) in [5, 5.41) is 0. The Labute approximate surface area is 60.0 Å². The minimum atomic E-state index is -2.65. The van der Waals surface area contributed by atoms with Gasteiger partial charge < -0.3 is 14.4 Å². The zero-order valence-electron chi connectivity index (χ0n) is 5.86. The van der Waals surface area contributed by atoms with E-state index in [0.717, 1.165) is 0 Å². The Morgan fingerprint density at radius 1 is 1.80 bits per heavy atom. The van der Waals surface area contributed by atoms with Crippen LogP contribution in [0.3, 0.4) is 0 Å². The topological polar surface area (TPSA) is 58.6 Å². The summed E-state index contributed by atoms with van der Waals surface area (Å²) in [7, 11) is -2.65. The summed E-state index contributed by atoms with van der Waals surface area (Å²) < 4.78 is 20.3. The van der Waals surface area contributed by atoms with Crippen LogP contribution in [-0.4, -0.2) is 18.2 Å². The van der Waals surface area contributed by atoms with Crippen LogP contribution in [0.15, 0.2) is 0 Å². The Bertz CT molecular complexity index is 160. The predicted molar refractivity (Wildman–Crippen MR) is 32.5 cm³/mol. The zero-order chi connectivity index (χ0) is 7.78. The van der Waals surface area contributed by atoms with E-state index in [4.69, 9.17) is 9.47 Å². The van der Waals surface area contributed by atoms with Crippen molar-refractivity contribution in [2.75, 3.05) is 6.61 Å². The zero-order valence-corrected chi connectivity index (χ0v) is 6.76. The summed E-state index contributed by atoms with van der Waals surface area (Å²) in [5.74, 6) is 0. The molecule has 1 aliphatic heterocycles. The lowest BCUT2D eigenvalue weighted by Gasteiger charge is -2.11. The minimum absolute atomic E-state index is 0.127. The first-order valence-electron chi connectivity index (χ1n) is 3.01. The first kappa shape index (κ1) is 8.08. The van der Waals surface area contributed by atoms with Crippen molar-refractivity contribution in [3.63, 3.8) is 0 Å². The van der Waals surface area contributed by atoms with E-state index in [0.29, 0.717) is 6.61 Å². The molecule has 0 amide bonds. The Morgan fingerprint density at radius 3 is 2.60 bits per heavy atom. The quantitative estimate of drug-likeness (QED) is 0.519. The Balaban J connectivity index is 2.63. The molecule has 0 aromatic rings. The molecule has 0 radical (unpaired) electrons. The maximum atomic E-state index is 10.5. The van der Waals surface area contributed by atoms with Crippen molar-refractivity contribution in [2.24, 2.45) is 0 Å². The summed E-state index contributed by atoms with van der Waals surface area (Å²) in [6.45, 7) is 3.52. The largest absolute Gasteiger partial charge is 0.591 e. The van der Waals surface area contributed by atoms with E-state index < -0.39 is 13.6 Å². The monoisotopic (exact) mass is 164 g/mol. The van der Waals surface area contributed by atoms with E-state index in [2.05, 4.69) is 0 Å². The standard InChI is InChI=1S/C5H9O4P/c1-4-3-8-5(2,9-4)10(6)7/h4H,3H2,1-2H3. The third-order valence-electron chi connectivity index (χ3n) is 1.34. The molecular weight excluding hydrogens is 155 g/mol. The molecule has 0 spiro atoms. The van der Waals surface area contributed by atoms with Crippen LogP contribution in [0.1, 0.15) is 13.8 Å². The molecule has 1 saturated heterocycles. The van der Waals surface area contributed by atoms with Gasteiger partial charge in [-0.3, -0.25) is 0 Å². The van der Waals surface area contributed by atoms with Crippen molar-refractivity contribution in [1.29, 1.82) is 0 Å². The van der Waals surface area contributed by atoms with Crippen molar-refractivity contribution in [2.45, 2.75) is 25.5 Å². The van der Waals surface area contributed by atoms with Gasteiger partial charge >= 0.3 is 13.6 Å². The molecule has 1 heterocycles. The van der Waals surface area contributed by atoms with Crippen molar-refractivity contribution < 1.29 is 18.9 Å². The fourth-order valence-corrected chi connectivity index (χ4v) is 1.26. The molecule has 1 aliphatic rings. The van der Waals surface area contributed by atoms with E-state index in [1.165, 1.54) is 6.92 Å². The van der Waals surface area contributed by atoms with E-state index in [9.17, 15) is 9.46 Å². The van der Waals surface area contributed by atoms with Crippen LogP contribution in [0.4, 0.5) is 0 Å². The third-order valence-corrected chi connectivity index (χ3v) is 2.24. The maximum absolute atomic E-state index is 10.5. The molecule has 5 heteroatoms. The molecule has 1 fully saturated rings. The molecule has 0 aromatic carbocycles. The average molecular weight is 164 g/mol. The molecule has 0 saturated carbocycles. The molecule has 0 aliphatic carbocycles. The summed E-state index contributed by atoms with van der Waals surface area (Å²) in [6, 6.07) is 0. The van der Waals surface area contributed by atoms with Gasteiger partial charge in [0.1, 0.15) is 0 Å². The molecule has 3 atom stereocenters. The summed E-state index contributed by atoms with van der Waals surface area (Å²) in [6.07, 6.45) is -0.127. The number of hydrogen-bond acceptors (Lipinski definition) is 4.